The van der Waals surface area contributed by atoms with E-state index < -0.39 is 21.2 Å². The minimum atomic E-state index is -3.90. The number of fused-ring (bicyclic) bond motifs is 3. The summed E-state index contributed by atoms with van der Waals surface area (Å²) in [4.78, 5) is 16.2. The summed E-state index contributed by atoms with van der Waals surface area (Å²) in [6.45, 7) is 12.5. The zero-order valence-corrected chi connectivity index (χ0v) is 31.2. The van der Waals surface area contributed by atoms with Crippen molar-refractivity contribution in [2.75, 3.05) is 24.6 Å². The summed E-state index contributed by atoms with van der Waals surface area (Å²) >= 11 is 6.46. The number of benzene rings is 2. The fourth-order valence-corrected chi connectivity index (χ4v) is 10.7. The van der Waals surface area contributed by atoms with E-state index in [1.165, 1.54) is 24.0 Å². The van der Waals surface area contributed by atoms with E-state index in [9.17, 15) is 13.2 Å². The van der Waals surface area contributed by atoms with Gasteiger partial charge in [0.1, 0.15) is 5.75 Å². The van der Waals surface area contributed by atoms with Crippen molar-refractivity contribution in [2.24, 2.45) is 29.6 Å². The second-order valence-electron chi connectivity index (χ2n) is 15.6. The molecule has 8 heteroatoms. The Morgan fingerprint density at radius 1 is 1.16 bits per heavy atom. The Morgan fingerprint density at radius 2 is 1.98 bits per heavy atom. The van der Waals surface area contributed by atoms with Crippen molar-refractivity contribution in [1.29, 1.82) is 0 Å². The molecule has 6 rings (SSSR count). The summed E-state index contributed by atoms with van der Waals surface area (Å²) in [5.74, 6) is 2.08. The standard InChI is InChI=1S/C41H55ClN2O4S/c1-5-7-8-11-28(3)35-18-15-33(35)25-44-26-41(21-9-12-31-23-34(42)17-19-36(31)41)27-48-38-20-16-32(24-37(38)44)40(45)43-49(46,47)39(22-30-13-14-30)29(4)10-6-2/h6,8,11,16-17,19-20,23-24,28-30,33,35,39H,2,5,7,9-10,12-15,18,21-22,25-27H2,1,3-4H3,(H,43,45)/b11-8+/t28?,29-,33?,35?,39?,41-/m0/s1. The van der Waals surface area contributed by atoms with Gasteiger partial charge < -0.3 is 9.64 Å². The van der Waals surface area contributed by atoms with E-state index in [0.717, 1.165) is 74.5 Å². The van der Waals surface area contributed by atoms with Crippen LogP contribution in [0, 0.1) is 29.6 Å². The average molecular weight is 707 g/mol. The van der Waals surface area contributed by atoms with Crippen LogP contribution in [-0.2, 0) is 21.9 Å². The van der Waals surface area contributed by atoms with Gasteiger partial charge in [0, 0.05) is 29.1 Å². The van der Waals surface area contributed by atoms with Gasteiger partial charge >= 0.3 is 0 Å². The molecule has 0 radical (unpaired) electrons. The van der Waals surface area contributed by atoms with Gasteiger partial charge in [0.15, 0.2) is 0 Å². The zero-order chi connectivity index (χ0) is 34.8. The molecule has 49 heavy (non-hydrogen) atoms. The van der Waals surface area contributed by atoms with E-state index in [1.807, 2.05) is 25.1 Å². The lowest BCUT2D eigenvalue weighted by Crippen LogP contribution is -2.49. The highest BCUT2D eigenvalue weighted by Gasteiger charge is 2.44. The fraction of sp³-hybridized carbons (Fsp3) is 0.585. The first-order chi connectivity index (χ1) is 23.5. The largest absolute Gasteiger partial charge is 0.490 e. The van der Waals surface area contributed by atoms with Crippen LogP contribution < -0.4 is 14.4 Å². The summed E-state index contributed by atoms with van der Waals surface area (Å²) in [7, 11) is -3.90. The Morgan fingerprint density at radius 3 is 2.69 bits per heavy atom. The lowest BCUT2D eigenvalue weighted by atomic mass is 9.66. The molecule has 0 saturated heterocycles. The molecule has 4 unspecified atom stereocenters. The molecule has 2 saturated carbocycles. The maximum atomic E-state index is 13.8. The number of amides is 1. The number of aryl methyl sites for hydroxylation is 1. The molecule has 1 spiro atoms. The molecule has 2 aromatic carbocycles. The van der Waals surface area contributed by atoms with Crippen LogP contribution >= 0.6 is 11.6 Å². The number of nitrogens with one attached hydrogen (secondary N) is 1. The summed E-state index contributed by atoms with van der Waals surface area (Å²) in [6, 6.07) is 11.7. The van der Waals surface area contributed by atoms with E-state index in [0.29, 0.717) is 48.7 Å². The number of anilines is 1. The predicted molar refractivity (Wildman–Crippen MR) is 201 cm³/mol. The topological polar surface area (TPSA) is 75.7 Å². The molecule has 266 valence electrons. The summed E-state index contributed by atoms with van der Waals surface area (Å²) in [5, 5.41) is 0.128. The van der Waals surface area contributed by atoms with Gasteiger partial charge in [0.05, 0.1) is 17.5 Å². The molecular weight excluding hydrogens is 652 g/mol. The SMILES string of the molecule is C=CC[C@H](C)C(CC1CC1)S(=O)(=O)NC(=O)c1ccc2c(c1)N(CC1CCC1C(C)/C=C/CCC)C[C@@]1(CCCc3cc(Cl)ccc31)CO2. The third-order valence-corrected chi connectivity index (χ3v) is 14.0. The molecule has 6 nitrogen and oxygen atoms in total. The van der Waals surface area contributed by atoms with E-state index in [4.69, 9.17) is 16.3 Å². The number of sulfonamides is 1. The monoisotopic (exact) mass is 706 g/mol. The molecule has 6 atom stereocenters. The number of rotatable bonds is 14. The van der Waals surface area contributed by atoms with Crippen LogP contribution in [0.25, 0.3) is 0 Å². The summed E-state index contributed by atoms with van der Waals surface area (Å²) in [5.41, 5.74) is 3.59. The van der Waals surface area contributed by atoms with E-state index >= 15 is 0 Å². The highest BCUT2D eigenvalue weighted by atomic mass is 35.5. The number of unbranched alkanes of at least 4 members (excludes halogenated alkanes) is 1. The third kappa shape index (κ3) is 8.09. The first-order valence-electron chi connectivity index (χ1n) is 18.7. The van der Waals surface area contributed by atoms with Crippen LogP contribution in [0.3, 0.4) is 0 Å². The van der Waals surface area contributed by atoms with Crippen LogP contribution in [0.4, 0.5) is 5.69 Å². The molecule has 3 aliphatic carbocycles. The van der Waals surface area contributed by atoms with E-state index in [1.54, 1.807) is 12.1 Å². The molecule has 1 aliphatic heterocycles. The zero-order valence-electron chi connectivity index (χ0n) is 29.6. The maximum absolute atomic E-state index is 13.8. The van der Waals surface area contributed by atoms with Crippen LogP contribution in [0.2, 0.25) is 5.02 Å². The van der Waals surface area contributed by atoms with Crippen molar-refractivity contribution >= 4 is 33.2 Å². The van der Waals surface area contributed by atoms with Gasteiger partial charge in [-0.25, -0.2) is 13.1 Å². The second-order valence-corrected chi connectivity index (χ2v) is 17.9. The highest BCUT2D eigenvalue weighted by Crippen LogP contribution is 2.47. The highest BCUT2D eigenvalue weighted by molar-refractivity contribution is 7.90. The summed E-state index contributed by atoms with van der Waals surface area (Å²) < 4.78 is 36.6. The Balaban J connectivity index is 1.30. The number of hydrogen-bond acceptors (Lipinski definition) is 5. The third-order valence-electron chi connectivity index (χ3n) is 11.9. The molecule has 1 N–H and O–H groups in total. The van der Waals surface area contributed by atoms with Crippen LogP contribution in [0.15, 0.2) is 61.2 Å². The molecule has 2 fully saturated rings. The Kier molecular flexibility index (Phi) is 11.2. The molecule has 1 heterocycles. The van der Waals surface area contributed by atoms with Crippen LogP contribution in [0.5, 0.6) is 5.75 Å². The fourth-order valence-electron chi connectivity index (χ4n) is 8.70. The van der Waals surface area contributed by atoms with Gasteiger partial charge in [-0.1, -0.05) is 75.9 Å². The lowest BCUT2D eigenvalue weighted by Gasteiger charge is -2.46. The van der Waals surface area contributed by atoms with E-state index in [-0.39, 0.29) is 11.3 Å². The quantitative estimate of drug-likeness (QED) is 0.198. The smallest absolute Gasteiger partial charge is 0.264 e. The minimum absolute atomic E-state index is 0.126. The Hall–Kier alpha value is -2.77. The number of allylic oxidation sites excluding steroid dienone is 3. The number of nitrogens with zero attached hydrogens (tertiary/aromatic N) is 1. The van der Waals surface area contributed by atoms with Crippen molar-refractivity contribution in [1.82, 2.24) is 4.72 Å². The minimum Gasteiger partial charge on any atom is -0.490 e. The number of carbonyl (C=O) groups excluding carboxylic acids is 1. The average Bonchev–Trinajstić information content (AvgIpc) is 3.89. The lowest BCUT2D eigenvalue weighted by molar-refractivity contribution is 0.0980. The van der Waals surface area contributed by atoms with Gasteiger partial charge in [-0.3, -0.25) is 4.79 Å². The number of carbonyl (C=O) groups is 1. The molecule has 2 aromatic rings. The summed E-state index contributed by atoms with van der Waals surface area (Å²) in [6.07, 6.45) is 17.5. The second kappa shape index (κ2) is 15.2. The van der Waals surface area contributed by atoms with Crippen molar-refractivity contribution < 1.29 is 17.9 Å². The van der Waals surface area contributed by atoms with Crippen molar-refractivity contribution in [2.45, 2.75) is 102 Å². The molecule has 0 aromatic heterocycles. The predicted octanol–water partition coefficient (Wildman–Crippen LogP) is 9.27. The first kappa shape index (κ1) is 36.0. The van der Waals surface area contributed by atoms with Crippen molar-refractivity contribution in [3.05, 3.63) is 82.9 Å². The van der Waals surface area contributed by atoms with Crippen molar-refractivity contribution in [3.8, 4) is 5.75 Å². The number of ether oxygens (including phenoxy) is 1. The van der Waals surface area contributed by atoms with Crippen LogP contribution in [-0.4, -0.2) is 39.3 Å². The molecule has 1 amide bonds. The van der Waals surface area contributed by atoms with Crippen LogP contribution in [0.1, 0.15) is 106 Å². The van der Waals surface area contributed by atoms with Gasteiger partial charge in [0.2, 0.25) is 10.0 Å². The first-order valence-corrected chi connectivity index (χ1v) is 20.6. The van der Waals surface area contributed by atoms with Crippen molar-refractivity contribution in [3.63, 3.8) is 0 Å². The Labute approximate surface area is 299 Å². The molecular formula is C41H55ClN2O4S. The normalized spacial score (nSPS) is 25.3. The number of hydrogen-bond donors (Lipinski definition) is 1. The maximum Gasteiger partial charge on any atom is 0.264 e. The molecule has 0 bridgehead atoms. The van der Waals surface area contributed by atoms with Gasteiger partial charge in [-0.15, -0.1) is 6.58 Å². The van der Waals surface area contributed by atoms with Gasteiger partial charge in [-0.05, 0) is 122 Å². The molecule has 4 aliphatic rings. The van der Waals surface area contributed by atoms with Gasteiger partial charge in [0.25, 0.3) is 5.91 Å². The van der Waals surface area contributed by atoms with Gasteiger partial charge in [-0.2, -0.15) is 0 Å². The van der Waals surface area contributed by atoms with E-state index in [2.05, 4.69) is 54.3 Å². The Bertz CT molecular complexity index is 1650. The number of halogens is 1.